The van der Waals surface area contributed by atoms with Gasteiger partial charge in [0.05, 0.1) is 42.8 Å². The maximum Gasteiger partial charge on any atom is 0.153 e. The van der Waals surface area contributed by atoms with E-state index in [1.54, 1.807) is 6.20 Å². The van der Waals surface area contributed by atoms with Crippen LogP contribution in [0.15, 0.2) is 41.5 Å². The lowest BCUT2D eigenvalue weighted by molar-refractivity contribution is 0.0973. The fraction of sp³-hybridized carbons (Fsp3) is 0.440. The van der Waals surface area contributed by atoms with E-state index in [1.807, 2.05) is 24.3 Å². The molecule has 2 saturated heterocycles. The quantitative estimate of drug-likeness (QED) is 0.637. The molecule has 3 N–H and O–H groups in total. The number of aliphatic hydroxyl groups excluding tert-OH is 1. The zero-order valence-electron chi connectivity index (χ0n) is 18.7. The van der Waals surface area contributed by atoms with Gasteiger partial charge in [-0.05, 0) is 31.9 Å². The van der Waals surface area contributed by atoms with Gasteiger partial charge in [-0.15, -0.1) is 0 Å². The van der Waals surface area contributed by atoms with Crippen LogP contribution in [0.1, 0.15) is 42.4 Å². The number of hydrogen-bond donors (Lipinski definition) is 2. The van der Waals surface area contributed by atoms with E-state index in [0.717, 1.165) is 71.9 Å². The third-order valence-corrected chi connectivity index (χ3v) is 7.59. The summed E-state index contributed by atoms with van der Waals surface area (Å²) in [5.41, 5.74) is 11.5. The third-order valence-electron chi connectivity index (χ3n) is 7.59. The van der Waals surface area contributed by atoms with E-state index < -0.39 is 0 Å². The summed E-state index contributed by atoms with van der Waals surface area (Å²) in [4.78, 5) is 21.3. The molecule has 8 nitrogen and oxygen atoms in total. The monoisotopic (exact) mass is 444 g/mol. The maximum absolute atomic E-state index is 10.2. The average molecular weight is 445 g/mol. The molecule has 2 atom stereocenters. The normalized spacial score (nSPS) is 23.8. The minimum absolute atomic E-state index is 0.0398. The summed E-state index contributed by atoms with van der Waals surface area (Å²) in [6.07, 6.45) is 3.80. The Balaban J connectivity index is 1.31. The van der Waals surface area contributed by atoms with Crippen LogP contribution in [0.5, 0.6) is 0 Å². The Morgan fingerprint density at radius 3 is 2.79 bits per heavy atom. The van der Waals surface area contributed by atoms with Crippen molar-refractivity contribution in [2.75, 3.05) is 24.6 Å². The van der Waals surface area contributed by atoms with Crippen LogP contribution in [0.3, 0.4) is 0 Å². The Labute approximate surface area is 192 Å². The molecule has 33 heavy (non-hydrogen) atoms. The standard InChI is InChI=1S/C25H28N6O2/c1-15-23(26)25(14-33-15)7-10-31(11-8-25)24-20(13-32)29-22-19(30-24)12-28-21(22)17-4-2-6-18-16(17)5-3-9-27-18/h2-6,9,15,23,32H,7-8,10-14,26H2,1H3/t15-,23+/m0/s1. The van der Waals surface area contributed by atoms with Crippen molar-refractivity contribution in [3.63, 3.8) is 0 Å². The molecule has 3 aliphatic rings. The number of ether oxygens (including phenoxy) is 1. The molecule has 0 amide bonds. The van der Waals surface area contributed by atoms with Crippen molar-refractivity contribution in [1.29, 1.82) is 0 Å². The fourth-order valence-electron chi connectivity index (χ4n) is 5.54. The highest BCUT2D eigenvalue weighted by molar-refractivity contribution is 6.19. The number of aliphatic imine (C=N–C) groups is 1. The molecule has 3 aliphatic heterocycles. The number of pyridine rings is 1. The Kier molecular flexibility index (Phi) is 4.90. The fourth-order valence-corrected chi connectivity index (χ4v) is 5.54. The molecule has 0 radical (unpaired) electrons. The van der Waals surface area contributed by atoms with Crippen molar-refractivity contribution in [2.24, 2.45) is 16.1 Å². The summed E-state index contributed by atoms with van der Waals surface area (Å²) in [5.74, 6) is 0.766. The molecule has 8 heteroatoms. The topological polar surface area (TPSA) is 110 Å². The van der Waals surface area contributed by atoms with Crippen LogP contribution in [-0.2, 0) is 17.9 Å². The molecular weight excluding hydrogens is 416 g/mol. The van der Waals surface area contributed by atoms with Crippen LogP contribution >= 0.6 is 0 Å². The Bertz CT molecular complexity index is 1250. The molecule has 5 heterocycles. The first-order chi connectivity index (χ1) is 16.1. The third kappa shape index (κ3) is 3.24. The number of aliphatic hydroxyl groups is 1. The highest BCUT2D eigenvalue weighted by Crippen LogP contribution is 2.42. The van der Waals surface area contributed by atoms with E-state index >= 15 is 0 Å². The Morgan fingerprint density at radius 1 is 1.18 bits per heavy atom. The molecule has 170 valence electrons. The lowest BCUT2D eigenvalue weighted by Gasteiger charge is -2.42. The summed E-state index contributed by atoms with van der Waals surface area (Å²) in [7, 11) is 0. The van der Waals surface area contributed by atoms with E-state index in [4.69, 9.17) is 25.4 Å². The van der Waals surface area contributed by atoms with Gasteiger partial charge in [-0.2, -0.15) is 0 Å². The maximum atomic E-state index is 10.2. The van der Waals surface area contributed by atoms with Crippen LogP contribution in [-0.4, -0.2) is 57.6 Å². The lowest BCUT2D eigenvalue weighted by atomic mass is 9.73. The number of fused-ring (bicyclic) bond motifs is 2. The molecule has 1 spiro atoms. The SMILES string of the molecule is C[C@@H]1OCC2(CCN(c3nc4c(nc3CO)C(c3cccc5ncccc35)=NC4)CC2)[C@@H]1N. The number of benzene rings is 1. The number of piperidine rings is 1. The van der Waals surface area contributed by atoms with Crippen LogP contribution in [0.4, 0.5) is 5.82 Å². The first-order valence-electron chi connectivity index (χ1n) is 11.6. The van der Waals surface area contributed by atoms with Crippen molar-refractivity contribution in [2.45, 2.75) is 45.1 Å². The lowest BCUT2D eigenvalue weighted by Crippen LogP contribution is -2.51. The number of rotatable bonds is 3. The molecular formula is C25H28N6O2. The van der Waals surface area contributed by atoms with Gasteiger partial charge < -0.3 is 20.5 Å². The van der Waals surface area contributed by atoms with E-state index in [-0.39, 0.29) is 24.2 Å². The predicted octanol–water partition coefficient (Wildman–Crippen LogP) is 2.20. The molecule has 1 aromatic carbocycles. The number of hydrogen-bond acceptors (Lipinski definition) is 8. The van der Waals surface area contributed by atoms with Crippen molar-refractivity contribution in [3.8, 4) is 0 Å². The van der Waals surface area contributed by atoms with E-state index in [0.29, 0.717) is 12.2 Å². The van der Waals surface area contributed by atoms with Gasteiger partial charge in [-0.3, -0.25) is 9.98 Å². The highest BCUT2D eigenvalue weighted by atomic mass is 16.5. The van der Waals surface area contributed by atoms with Gasteiger partial charge in [0.25, 0.3) is 0 Å². The molecule has 0 saturated carbocycles. The van der Waals surface area contributed by atoms with Crippen molar-refractivity contribution < 1.29 is 9.84 Å². The Hall–Kier alpha value is -2.94. The molecule has 2 aromatic heterocycles. The van der Waals surface area contributed by atoms with E-state index in [1.165, 1.54) is 0 Å². The van der Waals surface area contributed by atoms with Gasteiger partial charge in [0.1, 0.15) is 11.4 Å². The second-order valence-corrected chi connectivity index (χ2v) is 9.38. The predicted molar refractivity (Wildman–Crippen MR) is 126 cm³/mol. The molecule has 6 rings (SSSR count). The second kappa shape index (κ2) is 7.83. The summed E-state index contributed by atoms with van der Waals surface area (Å²) in [6, 6.07) is 10.1. The van der Waals surface area contributed by atoms with Gasteiger partial charge in [0.2, 0.25) is 0 Å². The van der Waals surface area contributed by atoms with Crippen LogP contribution in [0, 0.1) is 5.41 Å². The highest BCUT2D eigenvalue weighted by Gasteiger charge is 2.47. The van der Waals surface area contributed by atoms with E-state index in [2.05, 4.69) is 22.9 Å². The zero-order chi connectivity index (χ0) is 22.6. The first-order valence-corrected chi connectivity index (χ1v) is 11.6. The first kappa shape index (κ1) is 20.7. The zero-order valence-corrected chi connectivity index (χ0v) is 18.7. The minimum Gasteiger partial charge on any atom is -0.390 e. The van der Waals surface area contributed by atoms with Gasteiger partial charge >= 0.3 is 0 Å². The van der Waals surface area contributed by atoms with Crippen molar-refractivity contribution >= 4 is 22.4 Å². The van der Waals surface area contributed by atoms with Gasteiger partial charge in [0, 0.05) is 41.7 Å². The Morgan fingerprint density at radius 2 is 2.03 bits per heavy atom. The molecule has 0 aliphatic carbocycles. The number of anilines is 1. The van der Waals surface area contributed by atoms with Crippen LogP contribution in [0.25, 0.3) is 10.9 Å². The summed E-state index contributed by atoms with van der Waals surface area (Å²) in [6.45, 7) is 4.76. The summed E-state index contributed by atoms with van der Waals surface area (Å²) >= 11 is 0. The average Bonchev–Trinajstić information content (AvgIpc) is 3.39. The van der Waals surface area contributed by atoms with Crippen molar-refractivity contribution in [1.82, 2.24) is 15.0 Å². The summed E-state index contributed by atoms with van der Waals surface area (Å²) in [5, 5.41) is 11.2. The van der Waals surface area contributed by atoms with Crippen LogP contribution in [0.2, 0.25) is 0 Å². The van der Waals surface area contributed by atoms with Crippen molar-refractivity contribution in [3.05, 3.63) is 59.2 Å². The molecule has 0 bridgehead atoms. The summed E-state index contributed by atoms with van der Waals surface area (Å²) < 4.78 is 5.86. The number of nitrogens with zero attached hydrogens (tertiary/aromatic N) is 5. The van der Waals surface area contributed by atoms with E-state index in [9.17, 15) is 5.11 Å². The number of nitrogens with two attached hydrogens (primary N) is 1. The van der Waals surface area contributed by atoms with Gasteiger partial charge in [-0.1, -0.05) is 18.2 Å². The molecule has 2 fully saturated rings. The molecule has 3 aromatic rings. The largest absolute Gasteiger partial charge is 0.390 e. The molecule has 0 unspecified atom stereocenters. The minimum atomic E-state index is -0.165. The smallest absolute Gasteiger partial charge is 0.153 e. The van der Waals surface area contributed by atoms with Gasteiger partial charge in [0.15, 0.2) is 5.82 Å². The number of aromatic nitrogens is 3. The van der Waals surface area contributed by atoms with Gasteiger partial charge in [-0.25, -0.2) is 9.97 Å². The van der Waals surface area contributed by atoms with Crippen LogP contribution < -0.4 is 10.6 Å². The second-order valence-electron chi connectivity index (χ2n) is 9.38.